The van der Waals surface area contributed by atoms with Crippen LogP contribution >= 0.6 is 0 Å². The molecule has 0 unspecified atom stereocenters. The molecule has 1 amide bonds. The number of aromatic amines is 1. The first-order valence-corrected chi connectivity index (χ1v) is 9.64. The van der Waals surface area contributed by atoms with E-state index < -0.39 is 0 Å². The maximum atomic E-state index is 12.7. The monoisotopic (exact) mass is 379 g/mol. The maximum Gasteiger partial charge on any atom is 0.326 e. The van der Waals surface area contributed by atoms with Gasteiger partial charge in [-0.3, -0.25) is 9.36 Å². The second kappa shape index (κ2) is 6.74. The number of hydrogen-bond acceptors (Lipinski definition) is 4. The van der Waals surface area contributed by atoms with E-state index in [0.717, 1.165) is 31.2 Å². The molecule has 1 aromatic heterocycles. The van der Waals surface area contributed by atoms with Crippen molar-refractivity contribution in [1.29, 1.82) is 0 Å². The summed E-state index contributed by atoms with van der Waals surface area (Å²) in [6, 6.07) is 10.9. The molecule has 1 aliphatic heterocycles. The highest BCUT2D eigenvalue weighted by atomic mass is 16.6. The molecule has 1 aliphatic carbocycles. The highest BCUT2D eigenvalue weighted by molar-refractivity contribution is 6.06. The van der Waals surface area contributed by atoms with E-state index in [4.69, 9.17) is 9.47 Å². The summed E-state index contributed by atoms with van der Waals surface area (Å²) < 4.78 is 12.9. The second-order valence-corrected chi connectivity index (χ2v) is 7.28. The number of hydrogen-bond donors (Lipinski definition) is 2. The van der Waals surface area contributed by atoms with Gasteiger partial charge in [-0.25, -0.2) is 4.79 Å². The fourth-order valence-electron chi connectivity index (χ4n) is 4.12. The Morgan fingerprint density at radius 1 is 1.04 bits per heavy atom. The summed E-state index contributed by atoms with van der Waals surface area (Å²) in [5, 5.41) is 2.88. The predicted molar refractivity (Wildman–Crippen MR) is 105 cm³/mol. The molecule has 0 saturated heterocycles. The number of anilines is 1. The Hall–Kier alpha value is -3.22. The van der Waals surface area contributed by atoms with Crippen molar-refractivity contribution in [3.05, 3.63) is 52.4 Å². The lowest BCUT2D eigenvalue weighted by Crippen LogP contribution is -2.20. The van der Waals surface area contributed by atoms with E-state index in [-0.39, 0.29) is 17.6 Å². The summed E-state index contributed by atoms with van der Waals surface area (Å²) in [5.41, 5.74) is 2.55. The highest BCUT2D eigenvalue weighted by Gasteiger charge is 2.21. The highest BCUT2D eigenvalue weighted by Crippen LogP contribution is 2.33. The number of fused-ring (bicyclic) bond motifs is 2. The Bertz CT molecular complexity index is 1110. The van der Waals surface area contributed by atoms with Gasteiger partial charge in [-0.05, 0) is 43.2 Å². The number of rotatable bonds is 3. The van der Waals surface area contributed by atoms with Crippen LogP contribution in [0.15, 0.2) is 41.2 Å². The van der Waals surface area contributed by atoms with Crippen LogP contribution in [0.2, 0.25) is 0 Å². The van der Waals surface area contributed by atoms with E-state index in [9.17, 15) is 9.59 Å². The molecule has 7 nitrogen and oxygen atoms in total. The summed E-state index contributed by atoms with van der Waals surface area (Å²) in [7, 11) is 0. The molecule has 1 fully saturated rings. The van der Waals surface area contributed by atoms with Gasteiger partial charge < -0.3 is 19.8 Å². The van der Waals surface area contributed by atoms with Crippen molar-refractivity contribution in [1.82, 2.24) is 9.55 Å². The average Bonchev–Trinajstić information content (AvgIpc) is 3.33. The SMILES string of the molecule is O=C(Nc1ccc2c(c1)OCCO2)c1ccc2c(c1)[nH]c(=O)n2C1CCCC1. The molecule has 2 N–H and O–H groups in total. The van der Waals surface area contributed by atoms with Crippen molar-refractivity contribution in [2.24, 2.45) is 0 Å². The van der Waals surface area contributed by atoms with Crippen LogP contribution in [0.1, 0.15) is 42.1 Å². The van der Waals surface area contributed by atoms with Gasteiger partial charge in [0.15, 0.2) is 11.5 Å². The van der Waals surface area contributed by atoms with Crippen molar-refractivity contribution < 1.29 is 14.3 Å². The Balaban J connectivity index is 1.41. The molecular weight excluding hydrogens is 358 g/mol. The van der Waals surface area contributed by atoms with E-state index in [1.807, 2.05) is 10.6 Å². The molecule has 3 aromatic rings. The van der Waals surface area contributed by atoms with Crippen molar-refractivity contribution >= 4 is 22.6 Å². The largest absolute Gasteiger partial charge is 0.486 e. The zero-order chi connectivity index (χ0) is 19.1. The average molecular weight is 379 g/mol. The molecule has 0 radical (unpaired) electrons. The molecular formula is C21H21N3O4. The van der Waals surface area contributed by atoms with E-state index in [1.165, 1.54) is 0 Å². The Kier molecular flexibility index (Phi) is 4.07. The van der Waals surface area contributed by atoms with Gasteiger partial charge in [0.1, 0.15) is 13.2 Å². The van der Waals surface area contributed by atoms with Crippen LogP contribution in [0, 0.1) is 0 Å². The number of amides is 1. The van der Waals surface area contributed by atoms with Gasteiger partial charge in [-0.15, -0.1) is 0 Å². The van der Waals surface area contributed by atoms with E-state index in [2.05, 4.69) is 10.3 Å². The zero-order valence-corrected chi connectivity index (χ0v) is 15.4. The van der Waals surface area contributed by atoms with Crippen LogP contribution in [0.4, 0.5) is 5.69 Å². The quantitative estimate of drug-likeness (QED) is 0.730. The molecule has 28 heavy (non-hydrogen) atoms. The first-order valence-electron chi connectivity index (χ1n) is 9.64. The molecule has 2 aliphatic rings. The number of aromatic nitrogens is 2. The van der Waals surface area contributed by atoms with Crippen molar-refractivity contribution in [3.8, 4) is 11.5 Å². The third kappa shape index (κ3) is 2.93. The first kappa shape index (κ1) is 16.9. The second-order valence-electron chi connectivity index (χ2n) is 7.28. The smallest absolute Gasteiger partial charge is 0.326 e. The van der Waals surface area contributed by atoms with Crippen molar-refractivity contribution in [2.75, 3.05) is 18.5 Å². The number of nitrogens with one attached hydrogen (secondary N) is 2. The maximum absolute atomic E-state index is 12.7. The van der Waals surface area contributed by atoms with Gasteiger partial charge in [-0.2, -0.15) is 0 Å². The number of H-pyrrole nitrogens is 1. The van der Waals surface area contributed by atoms with Gasteiger partial charge in [0.2, 0.25) is 0 Å². The van der Waals surface area contributed by atoms with Crippen LogP contribution in [-0.4, -0.2) is 28.7 Å². The predicted octanol–water partition coefficient (Wildman–Crippen LogP) is 3.47. The van der Waals surface area contributed by atoms with Gasteiger partial charge in [-0.1, -0.05) is 12.8 Å². The zero-order valence-electron chi connectivity index (χ0n) is 15.4. The third-order valence-electron chi connectivity index (χ3n) is 5.47. The first-order chi connectivity index (χ1) is 13.7. The van der Waals surface area contributed by atoms with Crippen LogP contribution in [0.5, 0.6) is 11.5 Å². The topological polar surface area (TPSA) is 85.3 Å². The summed E-state index contributed by atoms with van der Waals surface area (Å²) >= 11 is 0. The molecule has 0 bridgehead atoms. The third-order valence-corrected chi connectivity index (χ3v) is 5.47. The van der Waals surface area contributed by atoms with Gasteiger partial charge in [0, 0.05) is 23.4 Å². The van der Waals surface area contributed by atoms with Gasteiger partial charge >= 0.3 is 5.69 Å². The molecule has 144 valence electrons. The summed E-state index contributed by atoms with van der Waals surface area (Å²) in [6.45, 7) is 1.02. The standard InChI is InChI=1S/C21H21N3O4/c25-20(22-14-6-8-18-19(12-14)28-10-9-27-18)13-5-7-17-16(11-13)23-21(26)24(17)15-3-1-2-4-15/h5-8,11-12,15H,1-4,9-10H2,(H,22,25)(H,23,26). The van der Waals surface area contributed by atoms with E-state index >= 15 is 0 Å². The van der Waals surface area contributed by atoms with Gasteiger partial charge in [0.25, 0.3) is 5.91 Å². The number of imidazole rings is 1. The number of benzene rings is 2. The van der Waals surface area contributed by atoms with E-state index in [0.29, 0.717) is 41.5 Å². The number of carbonyl (C=O) groups is 1. The lowest BCUT2D eigenvalue weighted by atomic mass is 10.1. The molecule has 7 heteroatoms. The Morgan fingerprint density at radius 2 is 1.82 bits per heavy atom. The fraction of sp³-hybridized carbons (Fsp3) is 0.333. The number of carbonyl (C=O) groups excluding carboxylic acids is 1. The molecule has 2 aromatic carbocycles. The van der Waals surface area contributed by atoms with E-state index in [1.54, 1.807) is 30.3 Å². The summed E-state index contributed by atoms with van der Waals surface area (Å²) in [5.74, 6) is 1.06. The van der Waals surface area contributed by atoms with Crippen molar-refractivity contribution in [2.45, 2.75) is 31.7 Å². The van der Waals surface area contributed by atoms with Crippen molar-refractivity contribution in [3.63, 3.8) is 0 Å². The summed E-state index contributed by atoms with van der Waals surface area (Å²) in [4.78, 5) is 28.0. The van der Waals surface area contributed by atoms with Gasteiger partial charge in [0.05, 0.1) is 11.0 Å². The Morgan fingerprint density at radius 3 is 2.64 bits per heavy atom. The lowest BCUT2D eigenvalue weighted by Gasteiger charge is -2.19. The number of nitrogens with zero attached hydrogens (tertiary/aromatic N) is 1. The minimum absolute atomic E-state index is 0.105. The molecule has 1 saturated carbocycles. The van der Waals surface area contributed by atoms with Crippen LogP contribution in [0.3, 0.4) is 0 Å². The van der Waals surface area contributed by atoms with Crippen LogP contribution in [0.25, 0.3) is 11.0 Å². The molecule has 0 atom stereocenters. The molecule has 2 heterocycles. The van der Waals surface area contributed by atoms with Crippen LogP contribution < -0.4 is 20.5 Å². The Labute approximate surface area is 161 Å². The molecule has 0 spiro atoms. The summed E-state index contributed by atoms with van der Waals surface area (Å²) in [6.07, 6.45) is 4.36. The van der Waals surface area contributed by atoms with Crippen LogP contribution in [-0.2, 0) is 0 Å². The minimum Gasteiger partial charge on any atom is -0.486 e. The minimum atomic E-state index is -0.243. The number of ether oxygens (including phenoxy) is 2. The lowest BCUT2D eigenvalue weighted by molar-refractivity contribution is 0.102. The molecule has 5 rings (SSSR count). The normalized spacial score (nSPS) is 16.4. The fourth-order valence-corrected chi connectivity index (χ4v) is 4.12.